The van der Waals surface area contributed by atoms with Gasteiger partial charge in [0.15, 0.2) is 0 Å². The van der Waals surface area contributed by atoms with Crippen LogP contribution in [0.1, 0.15) is 32.6 Å². The predicted molar refractivity (Wildman–Crippen MR) is 60.0 cm³/mol. The molecule has 2 atom stereocenters. The summed E-state index contributed by atoms with van der Waals surface area (Å²) in [5.41, 5.74) is 0. The zero-order valence-electron chi connectivity index (χ0n) is 8.86. The molecule has 0 aromatic heterocycles. The van der Waals surface area contributed by atoms with Crippen LogP contribution in [0.25, 0.3) is 0 Å². The van der Waals surface area contributed by atoms with Crippen molar-refractivity contribution < 1.29 is 14.7 Å². The van der Waals surface area contributed by atoms with Crippen LogP contribution in [0.2, 0.25) is 0 Å². The van der Waals surface area contributed by atoms with Gasteiger partial charge < -0.3 is 10.4 Å². The minimum Gasteiger partial charge on any atom is -0.481 e. The van der Waals surface area contributed by atoms with Crippen molar-refractivity contribution in [2.75, 3.05) is 6.54 Å². The van der Waals surface area contributed by atoms with Gasteiger partial charge in [0, 0.05) is 11.8 Å². The highest BCUT2D eigenvalue weighted by atomic mass is 32.2. The lowest BCUT2D eigenvalue weighted by atomic mass is 10.2. The minimum atomic E-state index is -0.802. The molecule has 0 aliphatic carbocycles. The Morgan fingerprint density at radius 1 is 1.67 bits per heavy atom. The van der Waals surface area contributed by atoms with Gasteiger partial charge in [-0.2, -0.15) is 0 Å². The lowest BCUT2D eigenvalue weighted by molar-refractivity contribution is -0.136. The molecule has 15 heavy (non-hydrogen) atoms. The maximum atomic E-state index is 11.6. The second-order valence-corrected chi connectivity index (χ2v) is 5.47. The Morgan fingerprint density at radius 3 is 3.07 bits per heavy atom. The van der Waals surface area contributed by atoms with E-state index in [0.717, 1.165) is 25.8 Å². The van der Waals surface area contributed by atoms with E-state index in [1.54, 1.807) is 0 Å². The fourth-order valence-corrected chi connectivity index (χ4v) is 2.92. The zero-order valence-corrected chi connectivity index (χ0v) is 9.68. The molecule has 0 spiro atoms. The Labute approximate surface area is 93.8 Å². The van der Waals surface area contributed by atoms with E-state index in [1.807, 2.05) is 6.92 Å². The second-order valence-electron chi connectivity index (χ2n) is 3.82. The second kappa shape index (κ2) is 6.00. The molecular formula is C10H17NO3S. The van der Waals surface area contributed by atoms with E-state index in [0.29, 0.717) is 0 Å². The van der Waals surface area contributed by atoms with Crippen LogP contribution < -0.4 is 5.32 Å². The predicted octanol–water partition coefficient (Wildman–Crippen LogP) is 1.25. The highest BCUT2D eigenvalue weighted by Crippen LogP contribution is 2.25. The van der Waals surface area contributed by atoms with Crippen molar-refractivity contribution in [3.63, 3.8) is 0 Å². The van der Waals surface area contributed by atoms with Gasteiger partial charge in [-0.3, -0.25) is 9.59 Å². The molecule has 0 aromatic carbocycles. The molecule has 0 saturated carbocycles. The van der Waals surface area contributed by atoms with Gasteiger partial charge in [0.1, 0.15) is 0 Å². The molecule has 2 unspecified atom stereocenters. The SMILES string of the molecule is CC(CC(=O)O)SC1CCCCNC1=O. The number of carbonyl (C=O) groups excluding carboxylic acids is 1. The van der Waals surface area contributed by atoms with Gasteiger partial charge in [-0.1, -0.05) is 13.3 Å². The lowest BCUT2D eigenvalue weighted by Crippen LogP contribution is -2.31. The Bertz CT molecular complexity index is 245. The van der Waals surface area contributed by atoms with Crippen molar-refractivity contribution in [1.82, 2.24) is 5.32 Å². The Hall–Kier alpha value is -0.710. The van der Waals surface area contributed by atoms with Gasteiger partial charge in [0.25, 0.3) is 0 Å². The van der Waals surface area contributed by atoms with E-state index < -0.39 is 5.97 Å². The summed E-state index contributed by atoms with van der Waals surface area (Å²) in [5.74, 6) is -0.737. The number of aliphatic carboxylic acids is 1. The Balaban J connectivity index is 2.40. The third kappa shape index (κ3) is 4.55. The highest BCUT2D eigenvalue weighted by Gasteiger charge is 2.23. The van der Waals surface area contributed by atoms with Crippen LogP contribution in [0.3, 0.4) is 0 Å². The monoisotopic (exact) mass is 231 g/mol. The molecule has 1 heterocycles. The number of carbonyl (C=O) groups is 2. The number of carboxylic acids is 1. The van der Waals surface area contributed by atoms with Gasteiger partial charge in [-0.05, 0) is 12.8 Å². The van der Waals surface area contributed by atoms with Crippen molar-refractivity contribution in [1.29, 1.82) is 0 Å². The quantitative estimate of drug-likeness (QED) is 0.764. The van der Waals surface area contributed by atoms with Crippen LogP contribution in [0.5, 0.6) is 0 Å². The first kappa shape index (κ1) is 12.4. The van der Waals surface area contributed by atoms with Crippen LogP contribution in [-0.4, -0.2) is 34.0 Å². The van der Waals surface area contributed by atoms with Crippen molar-refractivity contribution in [2.24, 2.45) is 0 Å². The van der Waals surface area contributed by atoms with E-state index in [2.05, 4.69) is 5.32 Å². The molecule has 4 nitrogen and oxygen atoms in total. The normalized spacial score (nSPS) is 24.1. The molecule has 1 rings (SSSR count). The number of carboxylic acid groups (broad SMARTS) is 1. The fraction of sp³-hybridized carbons (Fsp3) is 0.800. The maximum absolute atomic E-state index is 11.6. The summed E-state index contributed by atoms with van der Waals surface area (Å²) in [4.78, 5) is 22.0. The van der Waals surface area contributed by atoms with Gasteiger partial charge in [-0.25, -0.2) is 0 Å². The lowest BCUT2D eigenvalue weighted by Gasteiger charge is -2.16. The van der Waals surface area contributed by atoms with Gasteiger partial charge in [-0.15, -0.1) is 11.8 Å². The molecule has 1 saturated heterocycles. The standard InChI is InChI=1S/C10H17NO3S/c1-7(6-9(12)13)15-8-4-2-3-5-11-10(8)14/h7-8H,2-6H2,1H3,(H,11,14)(H,12,13). The van der Waals surface area contributed by atoms with Crippen molar-refractivity contribution in [3.8, 4) is 0 Å². The summed E-state index contributed by atoms with van der Waals surface area (Å²) in [6, 6.07) is 0. The molecule has 0 bridgehead atoms. The summed E-state index contributed by atoms with van der Waals surface area (Å²) in [5, 5.41) is 11.4. The van der Waals surface area contributed by atoms with Gasteiger partial charge in [0.05, 0.1) is 11.7 Å². The summed E-state index contributed by atoms with van der Waals surface area (Å²) < 4.78 is 0. The van der Waals surface area contributed by atoms with E-state index in [4.69, 9.17) is 5.11 Å². The first-order valence-electron chi connectivity index (χ1n) is 5.24. The maximum Gasteiger partial charge on any atom is 0.304 e. The van der Waals surface area contributed by atoms with Gasteiger partial charge >= 0.3 is 5.97 Å². The van der Waals surface area contributed by atoms with Crippen LogP contribution in [0.15, 0.2) is 0 Å². The van der Waals surface area contributed by atoms with Crippen molar-refractivity contribution >= 4 is 23.6 Å². The Morgan fingerprint density at radius 2 is 2.40 bits per heavy atom. The average Bonchev–Trinajstić information content (AvgIpc) is 2.30. The molecule has 0 aromatic rings. The van der Waals surface area contributed by atoms with E-state index in [9.17, 15) is 9.59 Å². The third-order valence-electron chi connectivity index (χ3n) is 2.34. The molecule has 1 aliphatic rings. The topological polar surface area (TPSA) is 66.4 Å². The number of amides is 1. The molecule has 2 N–H and O–H groups in total. The van der Waals surface area contributed by atoms with Crippen LogP contribution in [0.4, 0.5) is 0 Å². The van der Waals surface area contributed by atoms with Crippen molar-refractivity contribution in [2.45, 2.75) is 43.1 Å². The molecule has 1 amide bonds. The van der Waals surface area contributed by atoms with Crippen LogP contribution in [-0.2, 0) is 9.59 Å². The van der Waals surface area contributed by atoms with E-state index in [1.165, 1.54) is 11.8 Å². The largest absolute Gasteiger partial charge is 0.481 e. The summed E-state index contributed by atoms with van der Waals surface area (Å²) in [6.45, 7) is 2.61. The molecular weight excluding hydrogens is 214 g/mol. The van der Waals surface area contributed by atoms with E-state index >= 15 is 0 Å². The summed E-state index contributed by atoms with van der Waals surface area (Å²) >= 11 is 1.48. The first-order valence-corrected chi connectivity index (χ1v) is 6.19. The third-order valence-corrected chi connectivity index (χ3v) is 3.75. The number of hydrogen-bond acceptors (Lipinski definition) is 3. The average molecular weight is 231 g/mol. The van der Waals surface area contributed by atoms with Gasteiger partial charge in [0.2, 0.25) is 5.91 Å². The smallest absolute Gasteiger partial charge is 0.304 e. The number of nitrogens with one attached hydrogen (secondary N) is 1. The van der Waals surface area contributed by atoms with Crippen molar-refractivity contribution in [3.05, 3.63) is 0 Å². The first-order chi connectivity index (χ1) is 7.09. The fourth-order valence-electron chi connectivity index (χ4n) is 1.62. The minimum absolute atomic E-state index is 0.00338. The summed E-state index contributed by atoms with van der Waals surface area (Å²) in [6.07, 6.45) is 3.04. The number of thioether (sulfide) groups is 1. The zero-order chi connectivity index (χ0) is 11.3. The number of hydrogen-bond donors (Lipinski definition) is 2. The van der Waals surface area contributed by atoms with Crippen LogP contribution in [0, 0.1) is 0 Å². The highest BCUT2D eigenvalue weighted by molar-refractivity contribution is 8.01. The molecule has 0 radical (unpaired) electrons. The van der Waals surface area contributed by atoms with E-state index in [-0.39, 0.29) is 22.8 Å². The molecule has 5 heteroatoms. The number of rotatable bonds is 4. The molecule has 1 fully saturated rings. The Kier molecular flexibility index (Phi) is 4.94. The van der Waals surface area contributed by atoms with Crippen LogP contribution >= 0.6 is 11.8 Å². The molecule has 86 valence electrons. The molecule has 1 aliphatic heterocycles. The summed E-state index contributed by atoms with van der Waals surface area (Å²) in [7, 11) is 0.